The van der Waals surface area contributed by atoms with E-state index in [2.05, 4.69) is 9.57 Å². The third-order valence-corrected chi connectivity index (χ3v) is 1.58. The molecule has 82 valence electrons. The van der Waals surface area contributed by atoms with Crippen LogP contribution in [0.15, 0.2) is 11.5 Å². The van der Waals surface area contributed by atoms with Gasteiger partial charge in [0.1, 0.15) is 6.10 Å². The van der Waals surface area contributed by atoms with Crippen LogP contribution in [0, 0.1) is 0 Å². The summed E-state index contributed by atoms with van der Waals surface area (Å²) in [7, 11) is 0. The van der Waals surface area contributed by atoms with Crippen molar-refractivity contribution >= 4 is 5.97 Å². The molecule has 1 aliphatic rings. The van der Waals surface area contributed by atoms with Crippen LogP contribution in [0.25, 0.3) is 0 Å². The largest absolute Gasteiger partial charge is 0.499 e. The van der Waals surface area contributed by atoms with Gasteiger partial charge in [-0.1, -0.05) is 0 Å². The van der Waals surface area contributed by atoms with Gasteiger partial charge >= 0.3 is 5.97 Å². The molecule has 0 unspecified atom stereocenters. The van der Waals surface area contributed by atoms with Crippen LogP contribution < -0.4 is 5.90 Å². The zero-order valence-corrected chi connectivity index (χ0v) is 7.01. The van der Waals surface area contributed by atoms with Gasteiger partial charge in [-0.3, -0.25) is 0 Å². The van der Waals surface area contributed by atoms with Crippen molar-refractivity contribution in [1.29, 1.82) is 0 Å². The summed E-state index contributed by atoms with van der Waals surface area (Å²) in [4.78, 5) is 14.9. The molecule has 0 saturated heterocycles. The molecule has 8 heteroatoms. The number of aliphatic hydroxyl groups is 3. The summed E-state index contributed by atoms with van der Waals surface area (Å²) in [5.41, 5.74) is 0. The summed E-state index contributed by atoms with van der Waals surface area (Å²) in [5, 5.41) is 26.6. The molecule has 14 heavy (non-hydrogen) atoms. The van der Waals surface area contributed by atoms with Crippen LogP contribution in [0.4, 0.5) is 0 Å². The maximum absolute atomic E-state index is 10.7. The van der Waals surface area contributed by atoms with Crippen LogP contribution in [0.5, 0.6) is 0 Å². The van der Waals surface area contributed by atoms with Gasteiger partial charge in [-0.2, -0.15) is 5.90 Å². The Bertz CT molecular complexity index is 251. The molecule has 0 fully saturated rings. The van der Waals surface area contributed by atoms with Crippen molar-refractivity contribution in [2.45, 2.75) is 12.2 Å². The molecule has 7 N–H and O–H groups in total. The van der Waals surface area contributed by atoms with E-state index in [4.69, 9.17) is 21.2 Å². The summed E-state index contributed by atoms with van der Waals surface area (Å²) in [5.74, 6) is 2.51. The number of aliphatic hydroxyl groups excluding tert-OH is 3. The normalized spacial score (nSPS) is 22.8. The lowest BCUT2D eigenvalue weighted by atomic mass is 10.2. The number of carbonyl (C=O) groups is 1. The number of hydrogen-bond donors (Lipinski definition) is 4. The number of hydrogen-bond acceptors (Lipinski definition) is 7. The van der Waals surface area contributed by atoms with E-state index in [0.717, 1.165) is 0 Å². The first kappa shape index (κ1) is 12.7. The molecule has 1 aliphatic heterocycles. The highest BCUT2D eigenvalue weighted by atomic mass is 16.7. The van der Waals surface area contributed by atoms with Gasteiger partial charge in [-0.25, -0.2) is 4.79 Å². The van der Waals surface area contributed by atoms with Gasteiger partial charge in [0.05, 0.1) is 6.61 Å². The fourth-order valence-electron chi connectivity index (χ4n) is 0.932. The van der Waals surface area contributed by atoms with E-state index < -0.39 is 30.5 Å². The molecule has 2 atom stereocenters. The minimum Gasteiger partial charge on any atom is -0.499 e. The van der Waals surface area contributed by atoms with Crippen LogP contribution >= 0.6 is 0 Å². The van der Waals surface area contributed by atoms with E-state index in [1.54, 1.807) is 0 Å². The Balaban J connectivity index is 0.00000169. The van der Waals surface area contributed by atoms with Crippen molar-refractivity contribution in [1.82, 2.24) is 0 Å². The molecule has 0 aliphatic carbocycles. The van der Waals surface area contributed by atoms with E-state index in [-0.39, 0.29) is 11.2 Å². The molecule has 0 aromatic rings. The van der Waals surface area contributed by atoms with Gasteiger partial charge in [0, 0.05) is 0 Å². The average Bonchev–Trinajstić information content (AvgIpc) is 2.42. The molecule has 0 amide bonds. The molecule has 0 radical (unpaired) electrons. The topological polar surface area (TPSA) is 154 Å². The fraction of sp³-hybridized carbons (Fsp3) is 0.500. The number of esters is 1. The first-order chi connectivity index (χ1) is 6.11. The number of carbonyl (C=O) groups excluding carboxylic acids is 1. The van der Waals surface area contributed by atoms with Crippen molar-refractivity contribution < 1.29 is 35.2 Å². The second kappa shape index (κ2) is 4.77. The Labute approximate surface area is 78.4 Å². The molecule has 0 spiro atoms. The second-order valence-corrected chi connectivity index (χ2v) is 2.41. The van der Waals surface area contributed by atoms with Crippen LogP contribution in [-0.2, 0) is 14.4 Å². The summed E-state index contributed by atoms with van der Waals surface area (Å²) < 4.78 is 4.45. The predicted molar refractivity (Wildman–Crippen MR) is 41.5 cm³/mol. The highest BCUT2D eigenvalue weighted by Gasteiger charge is 2.40. The minimum atomic E-state index is -1.37. The Morgan fingerprint density at radius 2 is 2.21 bits per heavy atom. The lowest BCUT2D eigenvalue weighted by Crippen LogP contribution is -2.33. The van der Waals surface area contributed by atoms with Crippen molar-refractivity contribution in [3.8, 4) is 0 Å². The van der Waals surface area contributed by atoms with E-state index in [9.17, 15) is 4.79 Å². The maximum atomic E-state index is 10.7. The average molecular weight is 209 g/mol. The summed E-state index contributed by atoms with van der Waals surface area (Å²) >= 11 is 0. The van der Waals surface area contributed by atoms with Crippen molar-refractivity contribution in [3.05, 3.63) is 11.5 Å². The predicted octanol–water partition coefficient (Wildman–Crippen LogP) is -2.90. The zero-order valence-electron chi connectivity index (χ0n) is 7.01. The molecule has 1 heterocycles. The number of rotatable bonds is 3. The van der Waals surface area contributed by atoms with Crippen LogP contribution in [0.3, 0.4) is 0 Å². The highest BCUT2D eigenvalue weighted by Crippen LogP contribution is 2.23. The smallest absolute Gasteiger partial charge is 0.378 e. The molecule has 8 nitrogen and oxygen atoms in total. The summed E-state index contributed by atoms with van der Waals surface area (Å²) in [6, 6.07) is 0. The van der Waals surface area contributed by atoms with Crippen LogP contribution in [0.1, 0.15) is 0 Å². The van der Waals surface area contributed by atoms with Gasteiger partial charge in [0.25, 0.3) is 0 Å². The van der Waals surface area contributed by atoms with E-state index in [0.29, 0.717) is 0 Å². The summed E-state index contributed by atoms with van der Waals surface area (Å²) in [6.07, 6.45) is -2.62. The molecule has 1 rings (SSSR count). The van der Waals surface area contributed by atoms with E-state index in [1.165, 1.54) is 0 Å². The van der Waals surface area contributed by atoms with E-state index >= 15 is 0 Å². The molecular formula is C6H11NO7. The minimum absolute atomic E-state index is 0. The fourth-order valence-corrected chi connectivity index (χ4v) is 0.932. The quantitative estimate of drug-likeness (QED) is 0.287. The van der Waals surface area contributed by atoms with Gasteiger partial charge in [0.15, 0.2) is 6.10 Å². The molecule has 0 aromatic heterocycles. The first-order valence-electron chi connectivity index (χ1n) is 3.41. The maximum Gasteiger partial charge on any atom is 0.378 e. The monoisotopic (exact) mass is 209 g/mol. The SMILES string of the molecule is NOC1=C(O)C(=O)O[C@@H]1[C@@H](O)CO.O. The van der Waals surface area contributed by atoms with Crippen LogP contribution in [0.2, 0.25) is 0 Å². The Morgan fingerprint density at radius 1 is 1.64 bits per heavy atom. The Kier molecular flexibility index (Phi) is 4.31. The molecule has 0 saturated carbocycles. The summed E-state index contributed by atoms with van der Waals surface area (Å²) in [6.45, 7) is -0.641. The van der Waals surface area contributed by atoms with Gasteiger partial charge < -0.3 is 30.4 Å². The molecule has 0 bridgehead atoms. The lowest BCUT2D eigenvalue weighted by Gasteiger charge is -2.15. The van der Waals surface area contributed by atoms with Crippen molar-refractivity contribution in [2.24, 2.45) is 5.90 Å². The van der Waals surface area contributed by atoms with Gasteiger partial charge in [0.2, 0.25) is 11.5 Å². The second-order valence-electron chi connectivity index (χ2n) is 2.41. The third kappa shape index (κ3) is 1.93. The van der Waals surface area contributed by atoms with Crippen LogP contribution in [-0.4, -0.2) is 45.6 Å². The Morgan fingerprint density at radius 3 is 2.64 bits per heavy atom. The lowest BCUT2D eigenvalue weighted by molar-refractivity contribution is -0.148. The molecule has 0 aromatic carbocycles. The van der Waals surface area contributed by atoms with Gasteiger partial charge in [-0.05, 0) is 0 Å². The molecular weight excluding hydrogens is 198 g/mol. The van der Waals surface area contributed by atoms with E-state index in [1.807, 2.05) is 0 Å². The number of ether oxygens (including phenoxy) is 1. The standard InChI is InChI=1S/C6H9NO6.H2O/c7-13-5-3(10)6(11)12-4(5)2(9)1-8;/h2,4,8-10H,1,7H2;1H2/t2-,4+;/m0./s1. The van der Waals surface area contributed by atoms with Crippen molar-refractivity contribution in [2.75, 3.05) is 6.61 Å². The number of cyclic esters (lactones) is 1. The Hall–Kier alpha value is -1.35. The van der Waals surface area contributed by atoms with Crippen molar-refractivity contribution in [3.63, 3.8) is 0 Å². The zero-order chi connectivity index (χ0) is 10.0. The third-order valence-electron chi connectivity index (χ3n) is 1.58. The highest BCUT2D eigenvalue weighted by molar-refractivity contribution is 5.89. The number of nitrogens with two attached hydrogens (primary N) is 1. The van der Waals surface area contributed by atoms with Gasteiger partial charge in [-0.15, -0.1) is 0 Å². The first-order valence-corrected chi connectivity index (χ1v) is 3.41.